The van der Waals surface area contributed by atoms with Crippen molar-refractivity contribution in [3.8, 4) is 0 Å². The summed E-state index contributed by atoms with van der Waals surface area (Å²) in [5, 5.41) is 1.25. The molecule has 4 rings (SSSR count). The number of piperazine rings is 1. The van der Waals surface area contributed by atoms with Crippen LogP contribution in [0.3, 0.4) is 0 Å². The van der Waals surface area contributed by atoms with Crippen molar-refractivity contribution in [3.05, 3.63) is 46.6 Å². The molecule has 1 aromatic heterocycles. The van der Waals surface area contributed by atoms with Crippen LogP contribution in [-0.2, 0) is 0 Å². The van der Waals surface area contributed by atoms with Crippen LogP contribution < -0.4 is 4.90 Å². The van der Waals surface area contributed by atoms with Gasteiger partial charge in [0.1, 0.15) is 6.26 Å². The van der Waals surface area contributed by atoms with Gasteiger partial charge in [0.25, 0.3) is 5.89 Å². The van der Waals surface area contributed by atoms with E-state index in [2.05, 4.69) is 19.8 Å². The van der Waals surface area contributed by atoms with Gasteiger partial charge in [0.15, 0.2) is 0 Å². The summed E-state index contributed by atoms with van der Waals surface area (Å²) in [6.45, 7) is 5.10. The molecule has 6 nitrogen and oxygen atoms in total. The van der Waals surface area contributed by atoms with Gasteiger partial charge in [-0.1, -0.05) is 29.3 Å². The lowest BCUT2D eigenvalue weighted by molar-refractivity contribution is 0.0968. The lowest BCUT2D eigenvalue weighted by Crippen LogP contribution is -2.47. The molecule has 1 aliphatic heterocycles. The molecule has 29 heavy (non-hydrogen) atoms. The molecule has 2 fully saturated rings. The minimum Gasteiger partial charge on any atom is -0.441 e. The molecule has 0 bridgehead atoms. The average Bonchev–Trinajstić information content (AvgIpc) is 3.24. The quantitative estimate of drug-likeness (QED) is 0.629. The van der Waals surface area contributed by atoms with E-state index < -0.39 is 5.91 Å². The first kappa shape index (κ1) is 20.4. The standard InChI is InChI=1S/C21H24Cl2N4O2/c22-17-2-1-3-18(19(17)23)27-9-7-26(8-10-27)6-4-15-12-16(13-15)14-25-20(28)21-24-5-11-29-21/h1-3,5,11,14-16H,4,6-10,12-13H2/b25-14+. The second kappa shape index (κ2) is 9.28. The first-order chi connectivity index (χ1) is 14.1. The number of aliphatic imine (C=N–C) groups is 1. The van der Waals surface area contributed by atoms with Crippen LogP contribution >= 0.6 is 23.2 Å². The molecular formula is C21H24Cl2N4O2. The van der Waals surface area contributed by atoms with Crippen LogP contribution in [0.25, 0.3) is 0 Å². The van der Waals surface area contributed by atoms with Gasteiger partial charge in [-0.05, 0) is 49.8 Å². The zero-order valence-electron chi connectivity index (χ0n) is 16.1. The molecular weight excluding hydrogens is 411 g/mol. The minimum absolute atomic E-state index is 0.0512. The van der Waals surface area contributed by atoms with Crippen molar-refractivity contribution in [1.82, 2.24) is 9.88 Å². The number of amides is 1. The number of benzene rings is 1. The molecule has 1 saturated carbocycles. The SMILES string of the molecule is O=C(/N=C/C1CC(CCN2CCN(c3cccc(Cl)c3Cl)CC2)C1)c1ncco1. The van der Waals surface area contributed by atoms with E-state index in [9.17, 15) is 4.79 Å². The highest BCUT2D eigenvalue weighted by molar-refractivity contribution is 6.43. The minimum atomic E-state index is -0.406. The van der Waals surface area contributed by atoms with Crippen LogP contribution in [0.5, 0.6) is 0 Å². The molecule has 1 aromatic carbocycles. The van der Waals surface area contributed by atoms with Crippen molar-refractivity contribution in [3.63, 3.8) is 0 Å². The van der Waals surface area contributed by atoms with E-state index >= 15 is 0 Å². The number of oxazole rings is 1. The molecule has 1 saturated heterocycles. The van der Waals surface area contributed by atoms with Gasteiger partial charge in [-0.2, -0.15) is 0 Å². The Morgan fingerprint density at radius 2 is 2.03 bits per heavy atom. The van der Waals surface area contributed by atoms with Crippen LogP contribution in [0.1, 0.15) is 29.9 Å². The van der Waals surface area contributed by atoms with Gasteiger partial charge in [0, 0.05) is 32.4 Å². The number of nitrogens with zero attached hydrogens (tertiary/aromatic N) is 4. The Morgan fingerprint density at radius 1 is 1.24 bits per heavy atom. The molecule has 2 heterocycles. The van der Waals surface area contributed by atoms with E-state index in [1.54, 1.807) is 6.21 Å². The average molecular weight is 435 g/mol. The predicted molar refractivity (Wildman–Crippen MR) is 115 cm³/mol. The largest absolute Gasteiger partial charge is 0.441 e. The lowest BCUT2D eigenvalue weighted by atomic mass is 9.74. The molecule has 1 aliphatic carbocycles. The monoisotopic (exact) mass is 434 g/mol. The summed E-state index contributed by atoms with van der Waals surface area (Å²) >= 11 is 12.5. The fourth-order valence-corrected chi connectivity index (χ4v) is 4.43. The first-order valence-electron chi connectivity index (χ1n) is 9.99. The molecule has 0 radical (unpaired) electrons. The maximum absolute atomic E-state index is 11.8. The van der Waals surface area contributed by atoms with E-state index in [-0.39, 0.29) is 5.89 Å². The van der Waals surface area contributed by atoms with Crippen molar-refractivity contribution in [2.24, 2.45) is 16.8 Å². The van der Waals surface area contributed by atoms with Gasteiger partial charge in [0.05, 0.1) is 21.9 Å². The molecule has 0 unspecified atom stereocenters. The number of rotatable bonds is 6. The molecule has 8 heteroatoms. The van der Waals surface area contributed by atoms with Crippen molar-refractivity contribution < 1.29 is 9.21 Å². The van der Waals surface area contributed by atoms with Crippen LogP contribution in [0, 0.1) is 11.8 Å². The van der Waals surface area contributed by atoms with Crippen LogP contribution in [0.2, 0.25) is 10.0 Å². The summed E-state index contributed by atoms with van der Waals surface area (Å²) in [5.41, 5.74) is 1.03. The third kappa shape index (κ3) is 5.00. The fourth-order valence-electron chi connectivity index (χ4n) is 4.02. The number of carbonyl (C=O) groups excluding carboxylic acids is 1. The summed E-state index contributed by atoms with van der Waals surface area (Å²) in [7, 11) is 0. The van der Waals surface area contributed by atoms with Gasteiger partial charge < -0.3 is 9.32 Å². The number of halogens is 2. The summed E-state index contributed by atoms with van der Waals surface area (Å²) < 4.78 is 4.96. The van der Waals surface area contributed by atoms with Crippen LogP contribution in [0.4, 0.5) is 5.69 Å². The number of anilines is 1. The lowest BCUT2D eigenvalue weighted by Gasteiger charge is -2.39. The zero-order chi connectivity index (χ0) is 20.2. The third-order valence-electron chi connectivity index (χ3n) is 5.79. The van der Waals surface area contributed by atoms with Crippen LogP contribution in [-0.4, -0.2) is 54.7 Å². The summed E-state index contributed by atoms with van der Waals surface area (Å²) in [6, 6.07) is 5.81. The summed E-state index contributed by atoms with van der Waals surface area (Å²) in [5.74, 6) is 0.746. The zero-order valence-corrected chi connectivity index (χ0v) is 17.6. The van der Waals surface area contributed by atoms with Crippen LogP contribution in [0.15, 0.2) is 40.1 Å². The highest BCUT2D eigenvalue weighted by Gasteiger charge is 2.29. The second-order valence-electron chi connectivity index (χ2n) is 7.71. The fraction of sp³-hybridized carbons (Fsp3) is 0.476. The maximum atomic E-state index is 11.8. The molecule has 0 spiro atoms. The number of aromatic nitrogens is 1. The Morgan fingerprint density at radius 3 is 2.76 bits per heavy atom. The van der Waals surface area contributed by atoms with Gasteiger partial charge >= 0.3 is 5.91 Å². The predicted octanol–water partition coefficient (Wildman–Crippen LogP) is 4.43. The molecule has 2 aliphatic rings. The van der Waals surface area contributed by atoms with Gasteiger partial charge in [-0.25, -0.2) is 9.98 Å². The van der Waals surface area contributed by atoms with Gasteiger partial charge in [-0.15, -0.1) is 0 Å². The van der Waals surface area contributed by atoms with Crippen molar-refractivity contribution in [2.45, 2.75) is 19.3 Å². The van der Waals surface area contributed by atoms with E-state index in [1.807, 2.05) is 18.2 Å². The Labute approximate surface area is 180 Å². The molecule has 0 N–H and O–H groups in total. The smallest absolute Gasteiger partial charge is 0.332 e. The third-order valence-corrected chi connectivity index (χ3v) is 6.60. The second-order valence-corrected chi connectivity index (χ2v) is 8.49. The number of carbonyl (C=O) groups is 1. The number of hydrogen-bond donors (Lipinski definition) is 0. The molecule has 2 aromatic rings. The molecule has 1 amide bonds. The summed E-state index contributed by atoms with van der Waals surface area (Å²) in [6.07, 6.45) is 7.98. The Kier molecular flexibility index (Phi) is 6.53. The van der Waals surface area contributed by atoms with E-state index in [0.717, 1.165) is 51.3 Å². The maximum Gasteiger partial charge on any atom is 0.332 e. The molecule has 0 atom stereocenters. The van der Waals surface area contributed by atoms with E-state index in [0.29, 0.717) is 21.9 Å². The Balaban J connectivity index is 1.15. The Bertz CT molecular complexity index is 858. The first-order valence-corrected chi connectivity index (χ1v) is 10.7. The van der Waals surface area contributed by atoms with Crippen molar-refractivity contribution >= 4 is 41.0 Å². The van der Waals surface area contributed by atoms with Crippen molar-refractivity contribution in [2.75, 3.05) is 37.6 Å². The highest BCUT2D eigenvalue weighted by atomic mass is 35.5. The normalized spacial score (nSPS) is 22.8. The molecule has 154 valence electrons. The topological polar surface area (TPSA) is 61.9 Å². The Hall–Kier alpha value is -1.89. The van der Waals surface area contributed by atoms with E-state index in [1.165, 1.54) is 18.9 Å². The number of hydrogen-bond acceptors (Lipinski definition) is 5. The van der Waals surface area contributed by atoms with E-state index in [4.69, 9.17) is 27.6 Å². The van der Waals surface area contributed by atoms with Gasteiger partial charge in [0.2, 0.25) is 0 Å². The van der Waals surface area contributed by atoms with Gasteiger partial charge in [-0.3, -0.25) is 9.69 Å². The summed E-state index contributed by atoms with van der Waals surface area (Å²) in [4.78, 5) is 24.4. The highest BCUT2D eigenvalue weighted by Crippen LogP contribution is 2.36. The van der Waals surface area contributed by atoms with Crippen molar-refractivity contribution in [1.29, 1.82) is 0 Å².